The average molecular weight is 384 g/mol. The molecule has 4 heteroatoms. The second-order valence-electron chi connectivity index (χ2n) is 10.3. The minimum absolute atomic E-state index is 0.0265. The van der Waals surface area contributed by atoms with Crippen LogP contribution in [0, 0.1) is 34.5 Å². The second kappa shape index (κ2) is 7.44. The summed E-state index contributed by atoms with van der Waals surface area (Å²) in [6.45, 7) is 9.55. The van der Waals surface area contributed by atoms with Gasteiger partial charge in [0.05, 0.1) is 0 Å². The molecule has 7 atom stereocenters. The summed E-state index contributed by atoms with van der Waals surface area (Å²) in [5, 5.41) is 3.44. The first-order valence-corrected chi connectivity index (χ1v) is 11.6. The monoisotopic (exact) mass is 383 g/mol. The molecule has 0 bridgehead atoms. The molecule has 2 saturated carbocycles. The molecule has 3 unspecified atom stereocenters. The van der Waals surface area contributed by atoms with Crippen LogP contribution in [0.5, 0.6) is 0 Å². The highest BCUT2D eigenvalue weighted by molar-refractivity contribution is 5.38. The molecule has 0 radical (unpaired) electrons. The van der Waals surface area contributed by atoms with Crippen molar-refractivity contribution in [2.75, 3.05) is 0 Å². The van der Waals surface area contributed by atoms with Gasteiger partial charge in [-0.15, -0.1) is 0 Å². The molecular formula is C24H37N3O. The quantitative estimate of drug-likeness (QED) is 0.159. The van der Waals surface area contributed by atoms with Crippen molar-refractivity contribution in [3.8, 4) is 0 Å². The van der Waals surface area contributed by atoms with Gasteiger partial charge in [-0.05, 0) is 92.4 Å². The van der Waals surface area contributed by atoms with E-state index in [0.29, 0.717) is 22.7 Å². The third kappa shape index (κ3) is 2.91. The number of fused-ring (bicyclic) bond motifs is 5. The van der Waals surface area contributed by atoms with Gasteiger partial charge in [-0.2, -0.15) is 0 Å². The maximum atomic E-state index is 8.67. The minimum Gasteiger partial charge on any atom is -0.430 e. The Morgan fingerprint density at radius 3 is 2.86 bits per heavy atom. The van der Waals surface area contributed by atoms with Crippen molar-refractivity contribution < 1.29 is 4.84 Å². The Morgan fingerprint density at radius 2 is 2.11 bits per heavy atom. The molecule has 0 N–H and O–H groups in total. The molecule has 0 amide bonds. The third-order valence-corrected chi connectivity index (χ3v) is 9.31. The number of nitrogens with zero attached hydrogens (tertiary/aromatic N) is 3. The highest BCUT2D eigenvalue weighted by Gasteiger charge is 2.57. The van der Waals surface area contributed by atoms with Crippen molar-refractivity contribution in [3.05, 3.63) is 33.7 Å². The van der Waals surface area contributed by atoms with E-state index in [-0.39, 0.29) is 6.10 Å². The van der Waals surface area contributed by atoms with E-state index in [1.807, 2.05) is 0 Å². The first-order chi connectivity index (χ1) is 13.5. The van der Waals surface area contributed by atoms with E-state index in [2.05, 4.69) is 50.0 Å². The lowest BCUT2D eigenvalue weighted by atomic mass is 9.50. The zero-order valence-corrected chi connectivity index (χ0v) is 18.2. The van der Waals surface area contributed by atoms with E-state index >= 15 is 0 Å². The van der Waals surface area contributed by atoms with Crippen molar-refractivity contribution in [1.82, 2.24) is 0 Å². The maximum absolute atomic E-state index is 8.67. The van der Waals surface area contributed by atoms with Crippen LogP contribution in [0.25, 0.3) is 10.4 Å². The van der Waals surface area contributed by atoms with Crippen LogP contribution < -0.4 is 0 Å². The molecule has 0 heterocycles. The van der Waals surface area contributed by atoms with Gasteiger partial charge < -0.3 is 4.84 Å². The highest BCUT2D eigenvalue weighted by atomic mass is 16.6. The van der Waals surface area contributed by atoms with Gasteiger partial charge in [0, 0.05) is 10.3 Å². The summed E-state index contributed by atoms with van der Waals surface area (Å²) in [5.74, 6) is 2.64. The standard InChI is InChI=1S/C24H37N3O/c1-5-22(28-27-26-25)16(2)19-11-12-20-18-10-9-17-8-6-7-14-23(17,3)21(18)13-15-24(19,20)4/h8,13,16,18-20,22H,5-7,9-12,14-15H2,1-4H3/t16-,18?,19+,20?,22?,23-,24+/m0/s1. The molecule has 2 fully saturated rings. The molecule has 0 saturated heterocycles. The first kappa shape index (κ1) is 19.9. The summed E-state index contributed by atoms with van der Waals surface area (Å²) in [6.07, 6.45) is 16.6. The molecule has 0 aromatic heterocycles. The second-order valence-corrected chi connectivity index (χ2v) is 10.3. The van der Waals surface area contributed by atoms with Gasteiger partial charge in [0.1, 0.15) is 11.4 Å². The average Bonchev–Trinajstić information content (AvgIpc) is 3.05. The Bertz CT molecular complexity index is 721. The molecule has 4 aliphatic rings. The summed E-state index contributed by atoms with van der Waals surface area (Å²) < 4.78 is 0. The van der Waals surface area contributed by atoms with Crippen LogP contribution in [0.4, 0.5) is 0 Å². The largest absolute Gasteiger partial charge is 0.430 e. The molecule has 0 aromatic carbocycles. The summed E-state index contributed by atoms with van der Waals surface area (Å²) in [7, 11) is 0. The van der Waals surface area contributed by atoms with Gasteiger partial charge in [0.2, 0.25) is 0 Å². The Hall–Kier alpha value is -1.41. The van der Waals surface area contributed by atoms with Crippen molar-refractivity contribution in [2.45, 2.75) is 91.6 Å². The minimum atomic E-state index is 0.0265. The topological polar surface area (TPSA) is 58.0 Å². The SMILES string of the molecule is CCC(ON=[N+]=[N-])[C@@H](C)[C@H]1CCC2C3CCC4=CCCC[C@]4(C)C3=CC[C@@]21C. The third-order valence-electron chi connectivity index (χ3n) is 9.31. The zero-order chi connectivity index (χ0) is 19.9. The fourth-order valence-corrected chi connectivity index (χ4v) is 7.83. The molecule has 4 rings (SSSR count). The zero-order valence-electron chi connectivity index (χ0n) is 18.2. The number of azide groups is 1. The van der Waals surface area contributed by atoms with E-state index in [9.17, 15) is 0 Å². The van der Waals surface area contributed by atoms with Gasteiger partial charge in [0.25, 0.3) is 0 Å². The van der Waals surface area contributed by atoms with Crippen LogP contribution in [-0.2, 0) is 4.84 Å². The van der Waals surface area contributed by atoms with Crippen LogP contribution >= 0.6 is 0 Å². The molecule has 0 spiro atoms. The van der Waals surface area contributed by atoms with Crippen molar-refractivity contribution in [1.29, 1.82) is 0 Å². The van der Waals surface area contributed by atoms with Gasteiger partial charge in [-0.1, -0.05) is 51.0 Å². The molecule has 4 nitrogen and oxygen atoms in total. The summed E-state index contributed by atoms with van der Waals surface area (Å²) in [6, 6.07) is 0. The Labute approximate surface area is 170 Å². The molecule has 28 heavy (non-hydrogen) atoms. The predicted octanol–water partition coefficient (Wildman–Crippen LogP) is 7.53. The molecule has 0 aliphatic heterocycles. The van der Waals surface area contributed by atoms with Crippen molar-refractivity contribution >= 4 is 0 Å². The first-order valence-electron chi connectivity index (χ1n) is 11.6. The van der Waals surface area contributed by atoms with E-state index in [1.165, 1.54) is 51.4 Å². The van der Waals surface area contributed by atoms with Crippen LogP contribution in [0.15, 0.2) is 28.6 Å². The van der Waals surface area contributed by atoms with Gasteiger partial charge >= 0.3 is 0 Å². The lowest BCUT2D eigenvalue weighted by molar-refractivity contribution is -0.0352. The molecule has 4 aliphatic carbocycles. The van der Waals surface area contributed by atoms with Gasteiger partial charge in [0.15, 0.2) is 0 Å². The maximum Gasteiger partial charge on any atom is 0.111 e. The Kier molecular flexibility index (Phi) is 5.29. The summed E-state index contributed by atoms with van der Waals surface area (Å²) >= 11 is 0. The van der Waals surface area contributed by atoms with Crippen LogP contribution in [0.2, 0.25) is 0 Å². The summed E-state index contributed by atoms with van der Waals surface area (Å²) in [4.78, 5) is 8.34. The lowest BCUT2D eigenvalue weighted by Gasteiger charge is -2.54. The highest BCUT2D eigenvalue weighted by Crippen LogP contribution is 2.65. The molecule has 0 aromatic rings. The van der Waals surface area contributed by atoms with Gasteiger partial charge in [-0.25, -0.2) is 0 Å². The van der Waals surface area contributed by atoms with Crippen LogP contribution in [0.3, 0.4) is 0 Å². The Morgan fingerprint density at radius 1 is 1.29 bits per heavy atom. The number of allylic oxidation sites excluding steroid dienone is 4. The molecule has 154 valence electrons. The normalized spacial score (nSPS) is 41.4. The van der Waals surface area contributed by atoms with E-state index in [0.717, 1.165) is 18.3 Å². The lowest BCUT2D eigenvalue weighted by Crippen LogP contribution is -2.45. The number of hydrogen-bond acceptors (Lipinski definition) is 2. The number of rotatable bonds is 5. The fraction of sp³-hybridized carbons (Fsp3) is 0.833. The fourth-order valence-electron chi connectivity index (χ4n) is 7.83. The smallest absolute Gasteiger partial charge is 0.111 e. The number of hydrogen-bond donors (Lipinski definition) is 0. The van der Waals surface area contributed by atoms with Crippen LogP contribution in [-0.4, -0.2) is 6.10 Å². The van der Waals surface area contributed by atoms with Gasteiger partial charge in [-0.3, -0.25) is 0 Å². The Balaban J connectivity index is 1.61. The van der Waals surface area contributed by atoms with E-state index in [1.54, 1.807) is 11.1 Å². The predicted molar refractivity (Wildman–Crippen MR) is 113 cm³/mol. The molecular weight excluding hydrogens is 346 g/mol. The van der Waals surface area contributed by atoms with Crippen molar-refractivity contribution in [3.63, 3.8) is 0 Å². The summed E-state index contributed by atoms with van der Waals surface area (Å²) in [5.41, 5.74) is 12.9. The van der Waals surface area contributed by atoms with Crippen molar-refractivity contribution in [2.24, 2.45) is 39.8 Å². The van der Waals surface area contributed by atoms with E-state index in [4.69, 9.17) is 10.4 Å². The van der Waals surface area contributed by atoms with E-state index < -0.39 is 0 Å². The van der Waals surface area contributed by atoms with Crippen LogP contribution in [0.1, 0.15) is 85.5 Å².